The van der Waals surface area contributed by atoms with Crippen LogP contribution in [0.3, 0.4) is 0 Å². The van der Waals surface area contributed by atoms with Gasteiger partial charge < -0.3 is 10.1 Å². The summed E-state index contributed by atoms with van der Waals surface area (Å²) in [7, 11) is 0. The van der Waals surface area contributed by atoms with Crippen LogP contribution in [0.4, 0.5) is 0 Å². The fraction of sp³-hybridized carbons (Fsp3) is 0.222. The molecule has 2 aromatic rings. The number of rotatable bonds is 5. The van der Waals surface area contributed by atoms with Crippen LogP contribution in [0.1, 0.15) is 30.5 Å². The summed E-state index contributed by atoms with van der Waals surface area (Å²) in [5.74, 6) is -0.151. The van der Waals surface area contributed by atoms with Gasteiger partial charge in [-0.25, -0.2) is 0 Å². The lowest BCUT2D eigenvalue weighted by atomic mass is 10.0. The summed E-state index contributed by atoms with van der Waals surface area (Å²) in [4.78, 5) is 23.6. The minimum absolute atomic E-state index is 0.0473. The van der Waals surface area contributed by atoms with E-state index in [1.807, 2.05) is 37.3 Å². The first-order valence-corrected chi connectivity index (χ1v) is 7.62. The molecule has 5 heteroatoms. The van der Waals surface area contributed by atoms with Crippen molar-refractivity contribution < 1.29 is 14.3 Å². The Kier molecular flexibility index (Phi) is 5.77. The molecular weight excluding hydrogens is 314 g/mol. The van der Waals surface area contributed by atoms with E-state index in [-0.39, 0.29) is 12.3 Å². The molecule has 0 aliphatic heterocycles. The summed E-state index contributed by atoms with van der Waals surface area (Å²) < 4.78 is 5.38. The molecule has 0 spiro atoms. The van der Waals surface area contributed by atoms with Crippen molar-refractivity contribution in [2.75, 3.05) is 0 Å². The van der Waals surface area contributed by atoms with E-state index < -0.39 is 12.0 Å². The van der Waals surface area contributed by atoms with Crippen molar-refractivity contribution in [3.63, 3.8) is 0 Å². The lowest BCUT2D eigenvalue weighted by molar-refractivity contribution is -0.135. The molecule has 0 aliphatic rings. The zero-order chi connectivity index (χ0) is 16.8. The Balaban J connectivity index is 2.09. The SMILES string of the molecule is CC(=O)NC(CC(=O)Oc1ccc(Cl)cc1C)c1ccccc1. The molecule has 0 aliphatic carbocycles. The van der Waals surface area contributed by atoms with Gasteiger partial charge in [0.25, 0.3) is 0 Å². The molecule has 1 unspecified atom stereocenters. The van der Waals surface area contributed by atoms with Crippen LogP contribution >= 0.6 is 11.6 Å². The zero-order valence-corrected chi connectivity index (χ0v) is 13.8. The number of benzene rings is 2. The quantitative estimate of drug-likeness (QED) is 0.669. The maximum atomic E-state index is 12.2. The van der Waals surface area contributed by atoms with Gasteiger partial charge in [0.2, 0.25) is 5.91 Å². The summed E-state index contributed by atoms with van der Waals surface area (Å²) in [6.07, 6.45) is 0.0473. The number of hydrogen-bond donors (Lipinski definition) is 1. The standard InChI is InChI=1S/C18H18ClNO3/c1-12-10-15(19)8-9-17(12)23-18(22)11-16(20-13(2)21)14-6-4-3-5-7-14/h3-10,16H,11H2,1-2H3,(H,20,21). The molecule has 120 valence electrons. The van der Waals surface area contributed by atoms with E-state index in [1.54, 1.807) is 18.2 Å². The van der Waals surface area contributed by atoms with Crippen LogP contribution < -0.4 is 10.1 Å². The van der Waals surface area contributed by atoms with Gasteiger partial charge in [0.15, 0.2) is 0 Å². The summed E-state index contributed by atoms with van der Waals surface area (Å²) in [6.45, 7) is 3.24. The number of nitrogens with one attached hydrogen (secondary N) is 1. The molecule has 0 aromatic heterocycles. The second-order valence-corrected chi connectivity index (χ2v) is 5.69. The third-order valence-electron chi connectivity index (χ3n) is 3.31. The predicted molar refractivity (Wildman–Crippen MR) is 89.4 cm³/mol. The van der Waals surface area contributed by atoms with Gasteiger partial charge in [0.1, 0.15) is 5.75 Å². The first-order valence-electron chi connectivity index (χ1n) is 7.24. The van der Waals surface area contributed by atoms with Crippen molar-refractivity contribution in [2.45, 2.75) is 26.3 Å². The lowest BCUT2D eigenvalue weighted by Gasteiger charge is -2.18. The average molecular weight is 332 g/mol. The number of ether oxygens (including phenoxy) is 1. The Morgan fingerprint density at radius 1 is 1.17 bits per heavy atom. The second-order valence-electron chi connectivity index (χ2n) is 5.25. The van der Waals surface area contributed by atoms with Gasteiger partial charge in [-0.15, -0.1) is 0 Å². The molecule has 2 aromatic carbocycles. The zero-order valence-electron chi connectivity index (χ0n) is 13.0. The molecule has 0 saturated carbocycles. The highest BCUT2D eigenvalue weighted by Crippen LogP contribution is 2.24. The minimum Gasteiger partial charge on any atom is -0.426 e. The highest BCUT2D eigenvalue weighted by atomic mass is 35.5. The van der Waals surface area contributed by atoms with Crippen molar-refractivity contribution in [2.24, 2.45) is 0 Å². The first-order chi connectivity index (χ1) is 11.0. The Bertz CT molecular complexity index is 701. The minimum atomic E-state index is -0.422. The second kappa shape index (κ2) is 7.79. The van der Waals surface area contributed by atoms with Crippen LogP contribution in [0.5, 0.6) is 5.75 Å². The largest absolute Gasteiger partial charge is 0.426 e. The van der Waals surface area contributed by atoms with Crippen LogP contribution in [0.15, 0.2) is 48.5 Å². The van der Waals surface area contributed by atoms with Gasteiger partial charge in [-0.05, 0) is 36.2 Å². The van der Waals surface area contributed by atoms with E-state index in [0.29, 0.717) is 10.8 Å². The number of amides is 1. The van der Waals surface area contributed by atoms with E-state index in [9.17, 15) is 9.59 Å². The Labute approximate surface area is 140 Å². The highest BCUT2D eigenvalue weighted by Gasteiger charge is 2.19. The van der Waals surface area contributed by atoms with E-state index >= 15 is 0 Å². The molecule has 0 heterocycles. The monoisotopic (exact) mass is 331 g/mol. The fourth-order valence-electron chi connectivity index (χ4n) is 2.24. The van der Waals surface area contributed by atoms with Crippen molar-refractivity contribution >= 4 is 23.5 Å². The van der Waals surface area contributed by atoms with Crippen LogP contribution in [0.25, 0.3) is 0 Å². The highest BCUT2D eigenvalue weighted by molar-refractivity contribution is 6.30. The van der Waals surface area contributed by atoms with Crippen molar-refractivity contribution in [3.8, 4) is 5.75 Å². The van der Waals surface area contributed by atoms with Gasteiger partial charge in [-0.2, -0.15) is 0 Å². The summed E-state index contributed by atoms with van der Waals surface area (Å²) in [6, 6.07) is 14.0. The Morgan fingerprint density at radius 2 is 1.87 bits per heavy atom. The maximum absolute atomic E-state index is 12.2. The molecule has 0 radical (unpaired) electrons. The van der Waals surface area contributed by atoms with E-state index in [2.05, 4.69) is 5.32 Å². The van der Waals surface area contributed by atoms with E-state index in [1.165, 1.54) is 6.92 Å². The fourth-order valence-corrected chi connectivity index (χ4v) is 2.47. The van der Waals surface area contributed by atoms with Gasteiger partial charge in [-0.1, -0.05) is 41.9 Å². The van der Waals surface area contributed by atoms with Crippen molar-refractivity contribution in [3.05, 3.63) is 64.7 Å². The van der Waals surface area contributed by atoms with Crippen LogP contribution in [-0.2, 0) is 9.59 Å². The molecule has 23 heavy (non-hydrogen) atoms. The maximum Gasteiger partial charge on any atom is 0.313 e. The normalized spacial score (nSPS) is 11.6. The van der Waals surface area contributed by atoms with Crippen LogP contribution in [-0.4, -0.2) is 11.9 Å². The number of carbonyl (C=O) groups is 2. The van der Waals surface area contributed by atoms with E-state index in [4.69, 9.17) is 16.3 Å². The Morgan fingerprint density at radius 3 is 2.48 bits per heavy atom. The third-order valence-corrected chi connectivity index (χ3v) is 3.55. The smallest absolute Gasteiger partial charge is 0.313 e. The molecule has 1 N–H and O–H groups in total. The summed E-state index contributed by atoms with van der Waals surface area (Å²) >= 11 is 5.89. The van der Waals surface area contributed by atoms with Gasteiger partial charge in [0.05, 0.1) is 12.5 Å². The van der Waals surface area contributed by atoms with Gasteiger partial charge in [0, 0.05) is 11.9 Å². The lowest BCUT2D eigenvalue weighted by Crippen LogP contribution is -2.29. The first kappa shape index (κ1) is 17.0. The third kappa shape index (κ3) is 5.11. The molecule has 0 bridgehead atoms. The average Bonchev–Trinajstić information content (AvgIpc) is 2.50. The number of esters is 1. The topological polar surface area (TPSA) is 55.4 Å². The molecule has 1 atom stereocenters. The van der Waals surface area contributed by atoms with Crippen LogP contribution in [0, 0.1) is 6.92 Å². The summed E-state index contributed by atoms with van der Waals surface area (Å²) in [5, 5.41) is 3.36. The molecule has 4 nitrogen and oxygen atoms in total. The number of halogens is 1. The summed E-state index contributed by atoms with van der Waals surface area (Å²) in [5.41, 5.74) is 1.63. The molecular formula is C18H18ClNO3. The molecule has 0 saturated heterocycles. The molecule has 0 fully saturated rings. The van der Waals surface area contributed by atoms with Gasteiger partial charge in [-0.3, -0.25) is 9.59 Å². The number of aryl methyl sites for hydroxylation is 1. The van der Waals surface area contributed by atoms with Gasteiger partial charge >= 0.3 is 5.97 Å². The number of carbonyl (C=O) groups excluding carboxylic acids is 2. The predicted octanol–water partition coefficient (Wildman–Crippen LogP) is 3.82. The molecule has 2 rings (SSSR count). The van der Waals surface area contributed by atoms with Crippen molar-refractivity contribution in [1.29, 1.82) is 0 Å². The Hall–Kier alpha value is -2.33. The van der Waals surface area contributed by atoms with Crippen molar-refractivity contribution in [1.82, 2.24) is 5.32 Å². The van der Waals surface area contributed by atoms with Crippen LogP contribution in [0.2, 0.25) is 5.02 Å². The van der Waals surface area contributed by atoms with E-state index in [0.717, 1.165) is 11.1 Å². The molecule has 1 amide bonds. The number of hydrogen-bond acceptors (Lipinski definition) is 3.